The van der Waals surface area contributed by atoms with E-state index in [0.717, 1.165) is 0 Å². The van der Waals surface area contributed by atoms with Crippen molar-refractivity contribution in [2.45, 2.75) is 36.9 Å². The Kier molecular flexibility index (Phi) is 32.4. The summed E-state index contributed by atoms with van der Waals surface area (Å²) in [5, 5.41) is 74.5. The summed E-state index contributed by atoms with van der Waals surface area (Å²) in [7, 11) is 0. The van der Waals surface area contributed by atoms with E-state index in [1.807, 2.05) is 0 Å². The molecule has 19 heteroatoms. The molecule has 32 heavy (non-hydrogen) atoms. The molecule has 178 valence electrons. The zero-order valence-electron chi connectivity index (χ0n) is 14.3. The first kappa shape index (κ1) is 45.5. The maximum absolute atomic E-state index is 10.3. The topological polar surface area (TPSA) is 302 Å². The van der Waals surface area contributed by atoms with E-state index in [0.29, 0.717) is 0 Å². The Morgan fingerprint density at radius 3 is 0.719 bits per heavy atom. The molecule has 0 radical (unpaired) electrons. The summed E-state index contributed by atoms with van der Waals surface area (Å²) < 4.78 is 0. The predicted molar refractivity (Wildman–Crippen MR) is 109 cm³/mol. The fourth-order valence-electron chi connectivity index (χ4n) is 1.43. The van der Waals surface area contributed by atoms with Crippen LogP contribution in [0.2, 0.25) is 0 Å². The molecule has 0 aromatic rings. The summed E-state index contributed by atoms with van der Waals surface area (Å²) in [6.45, 7) is -0.250. The van der Waals surface area contributed by atoms with E-state index in [-0.39, 0.29) is 120 Å². The molecule has 0 atom stereocenters. The molecule has 0 aromatic heterocycles. The van der Waals surface area contributed by atoms with Crippen molar-refractivity contribution in [3.05, 3.63) is 0 Å². The van der Waals surface area contributed by atoms with Gasteiger partial charge in [-0.3, -0.25) is 24.0 Å². The third-order valence-electron chi connectivity index (χ3n) is 2.57. The van der Waals surface area contributed by atoms with Gasteiger partial charge < -0.3 is 46.0 Å². The summed E-state index contributed by atoms with van der Waals surface area (Å²) in [6.07, 6.45) is -4.58. The zero-order chi connectivity index (χ0) is 24.0. The van der Waals surface area contributed by atoms with E-state index in [2.05, 4.69) is 0 Å². The summed E-state index contributed by atoms with van der Waals surface area (Å²) in [4.78, 5) is 69.3. The van der Waals surface area contributed by atoms with E-state index in [1.54, 1.807) is 0 Å². The van der Waals surface area contributed by atoms with Gasteiger partial charge in [0.25, 0.3) is 6.47 Å². The first-order chi connectivity index (χ1) is 13.0. The van der Waals surface area contributed by atoms with Gasteiger partial charge in [-0.15, -0.1) is 0 Å². The van der Waals surface area contributed by atoms with Crippen LogP contribution < -0.4 is 0 Å². The van der Waals surface area contributed by atoms with Crippen molar-refractivity contribution in [2.75, 3.05) is 0 Å². The van der Waals surface area contributed by atoms with Gasteiger partial charge in [0.05, 0.1) is 25.7 Å². The number of aliphatic hydroxyl groups is 2. The van der Waals surface area contributed by atoms with Crippen LogP contribution in [0.3, 0.4) is 0 Å². The number of hydrogen-bond donors (Lipinski definition) is 9. The van der Waals surface area contributed by atoms with Crippen LogP contribution in [-0.4, -0.2) is 213 Å². The van der Waals surface area contributed by atoms with Gasteiger partial charge in [0.1, 0.15) is 0 Å². The molecule has 0 aromatic carbocycles. The Hall–Kier alpha value is -0.0108. The van der Waals surface area contributed by atoms with E-state index in [9.17, 15) is 28.8 Å². The fourth-order valence-corrected chi connectivity index (χ4v) is 1.43. The average molecular weight is 557 g/mol. The summed E-state index contributed by atoms with van der Waals surface area (Å²) in [5.41, 5.74) is -5.48. The molecular formula is C13H24Ca3O16. The normalized spacial score (nSPS) is 9.19. The van der Waals surface area contributed by atoms with Crippen molar-refractivity contribution in [2.24, 2.45) is 0 Å². The minimum atomic E-state index is -2.74. The molecule has 0 saturated heterocycles. The third kappa shape index (κ3) is 24.6. The van der Waals surface area contributed by atoms with Crippen LogP contribution >= 0.6 is 0 Å². The number of rotatable bonds is 10. The number of carboxylic acid groups (broad SMARTS) is 7. The summed E-state index contributed by atoms with van der Waals surface area (Å²) >= 11 is 0. The fraction of sp³-hybridized carbons (Fsp3) is 0.462. The number of carbonyl (C=O) groups is 7. The van der Waals surface area contributed by atoms with Crippen molar-refractivity contribution >= 4 is 156 Å². The predicted octanol–water partition coefficient (Wildman–Crippen LogP) is -5.54. The molecule has 0 unspecified atom stereocenters. The number of hydrogen-bond acceptors (Lipinski definition) is 9. The molecule has 0 rings (SSSR count). The molecule has 0 spiro atoms. The Labute approximate surface area is 268 Å². The Bertz CT molecular complexity index is 565. The molecule has 0 saturated carbocycles. The first-order valence-electron chi connectivity index (χ1n) is 6.84. The second-order valence-electron chi connectivity index (χ2n) is 5.06. The van der Waals surface area contributed by atoms with Crippen LogP contribution in [0.1, 0.15) is 25.7 Å². The van der Waals surface area contributed by atoms with Gasteiger partial charge in [-0.05, 0) is 0 Å². The van der Waals surface area contributed by atoms with Gasteiger partial charge in [0.15, 0.2) is 11.2 Å². The van der Waals surface area contributed by atoms with Crippen molar-refractivity contribution in [1.82, 2.24) is 0 Å². The maximum atomic E-state index is 10.3. The van der Waals surface area contributed by atoms with Crippen LogP contribution in [0.25, 0.3) is 0 Å². The van der Waals surface area contributed by atoms with Gasteiger partial charge in [0, 0.05) is 0 Å². The van der Waals surface area contributed by atoms with Gasteiger partial charge >= 0.3 is 149 Å². The molecule has 0 aliphatic carbocycles. The molecule has 0 heterocycles. The van der Waals surface area contributed by atoms with Crippen molar-refractivity contribution in [3.8, 4) is 0 Å². The molecule has 9 N–H and O–H groups in total. The number of carboxylic acids is 6. The second kappa shape index (κ2) is 22.8. The van der Waals surface area contributed by atoms with Crippen molar-refractivity contribution < 1.29 is 79.5 Å². The monoisotopic (exact) mass is 556 g/mol. The molecule has 0 aliphatic rings. The van der Waals surface area contributed by atoms with Crippen LogP contribution in [0.4, 0.5) is 0 Å². The van der Waals surface area contributed by atoms with Crippen LogP contribution in [0.5, 0.6) is 0 Å². The van der Waals surface area contributed by atoms with Crippen LogP contribution in [0.15, 0.2) is 0 Å². The summed E-state index contributed by atoms with van der Waals surface area (Å²) in [6, 6.07) is 0. The van der Waals surface area contributed by atoms with Crippen LogP contribution in [-0.2, 0) is 33.6 Å². The second-order valence-corrected chi connectivity index (χ2v) is 5.06. The number of aliphatic carboxylic acids is 6. The van der Waals surface area contributed by atoms with Crippen molar-refractivity contribution in [1.29, 1.82) is 0 Å². The molecule has 0 bridgehead atoms. The SMILES string of the molecule is O=C(O)CC(O)(CC(=O)O)C(=O)O.O=C(O)CC(O)(CC(=O)O)C(=O)O.O=CO.[CaH2].[CaH2].[CaH2]. The van der Waals surface area contributed by atoms with E-state index < -0.39 is 72.7 Å². The molecular weight excluding hydrogens is 532 g/mol. The summed E-state index contributed by atoms with van der Waals surface area (Å²) in [5.74, 6) is -10.0. The molecule has 0 fully saturated rings. The Morgan fingerprint density at radius 2 is 0.656 bits per heavy atom. The van der Waals surface area contributed by atoms with Gasteiger partial charge in [0.2, 0.25) is 0 Å². The van der Waals surface area contributed by atoms with Gasteiger partial charge in [-0.25, -0.2) is 9.59 Å². The average Bonchev–Trinajstić information content (AvgIpc) is 2.44. The van der Waals surface area contributed by atoms with E-state index in [1.165, 1.54) is 0 Å². The standard InChI is InChI=1S/2C6H8O7.CH2O2.3Ca.6H/c2*7-3(8)1-6(13,5(11)12)2-4(9)10;2-1-3;;;;;;;;;/h2*13H,1-2H2,(H,7,8)(H,9,10)(H,11,12);1H,(H,2,3);;;;;;;;;. The first-order valence-corrected chi connectivity index (χ1v) is 6.84. The van der Waals surface area contributed by atoms with E-state index in [4.69, 9.17) is 50.8 Å². The Balaban J connectivity index is -0.0000000866. The molecule has 16 nitrogen and oxygen atoms in total. The third-order valence-corrected chi connectivity index (χ3v) is 2.57. The van der Waals surface area contributed by atoms with Gasteiger partial charge in [-0.1, -0.05) is 0 Å². The van der Waals surface area contributed by atoms with Gasteiger partial charge in [-0.2, -0.15) is 0 Å². The quantitative estimate of drug-likeness (QED) is 0.0894. The minimum absolute atomic E-state index is 0. The zero-order valence-corrected chi connectivity index (χ0v) is 14.3. The molecule has 0 aliphatic heterocycles. The van der Waals surface area contributed by atoms with Crippen molar-refractivity contribution in [3.63, 3.8) is 0 Å². The molecule has 0 amide bonds. The van der Waals surface area contributed by atoms with Crippen LogP contribution in [0, 0.1) is 0 Å². The Morgan fingerprint density at radius 1 is 0.531 bits per heavy atom. The van der Waals surface area contributed by atoms with E-state index >= 15 is 0 Å².